The average Bonchev–Trinajstić information content (AvgIpc) is 3.12. The van der Waals surface area contributed by atoms with Crippen molar-refractivity contribution < 1.29 is 19.1 Å². The maximum atomic E-state index is 12.7. The molecule has 1 aliphatic heterocycles. The number of fused-ring (bicyclic) bond motifs is 1. The van der Waals surface area contributed by atoms with Gasteiger partial charge in [-0.3, -0.25) is 4.79 Å². The summed E-state index contributed by atoms with van der Waals surface area (Å²) in [5.41, 5.74) is 1.26. The largest absolute Gasteiger partial charge is 0.478 e. The summed E-state index contributed by atoms with van der Waals surface area (Å²) < 4.78 is 5.46. The summed E-state index contributed by atoms with van der Waals surface area (Å²) in [6.45, 7) is 1.88. The van der Waals surface area contributed by atoms with Crippen molar-refractivity contribution in [1.82, 2.24) is 4.90 Å². The predicted octanol–water partition coefficient (Wildman–Crippen LogP) is 3.34. The van der Waals surface area contributed by atoms with Crippen LogP contribution in [0.1, 0.15) is 37.6 Å². The van der Waals surface area contributed by atoms with Crippen LogP contribution in [-0.4, -0.2) is 34.7 Å². The van der Waals surface area contributed by atoms with Crippen molar-refractivity contribution >= 4 is 35.0 Å². The first-order valence-corrected chi connectivity index (χ1v) is 9.15. The number of carbonyl (C=O) groups is 2. The second-order valence-electron chi connectivity index (χ2n) is 5.48. The van der Waals surface area contributed by atoms with Crippen LogP contribution in [0.15, 0.2) is 21.9 Å². The Morgan fingerprint density at radius 1 is 1.48 bits per heavy atom. The van der Waals surface area contributed by atoms with Gasteiger partial charge in [0.1, 0.15) is 22.3 Å². The Kier molecular flexibility index (Phi) is 4.50. The minimum absolute atomic E-state index is 0.0280. The van der Waals surface area contributed by atoms with Gasteiger partial charge < -0.3 is 14.4 Å². The van der Waals surface area contributed by atoms with Gasteiger partial charge in [-0.2, -0.15) is 0 Å². The highest BCUT2D eigenvalue weighted by Gasteiger charge is 2.30. The van der Waals surface area contributed by atoms with E-state index in [1.165, 1.54) is 10.9 Å². The van der Waals surface area contributed by atoms with Crippen molar-refractivity contribution in [2.45, 2.75) is 25.1 Å². The molecule has 0 aromatic carbocycles. The maximum absolute atomic E-state index is 12.7. The minimum atomic E-state index is -1.02. The number of carboxylic acids is 1. The van der Waals surface area contributed by atoms with E-state index in [0.29, 0.717) is 11.5 Å². The summed E-state index contributed by atoms with van der Waals surface area (Å²) in [6.07, 6.45) is 1.02. The van der Waals surface area contributed by atoms with Crippen LogP contribution in [0.4, 0.5) is 0 Å². The molecule has 2 aromatic heterocycles. The molecule has 1 aliphatic rings. The highest BCUT2D eigenvalue weighted by Crippen LogP contribution is 2.40. The van der Waals surface area contributed by atoms with Crippen LogP contribution < -0.4 is 0 Å². The van der Waals surface area contributed by atoms with E-state index >= 15 is 0 Å². The molecule has 2 aromatic rings. The third-order valence-corrected chi connectivity index (χ3v) is 6.09. The van der Waals surface area contributed by atoms with Crippen LogP contribution in [0, 0.1) is 6.92 Å². The number of nitrogens with zero attached hydrogens (tertiary/aromatic N) is 1. The Balaban J connectivity index is 1.74. The van der Waals surface area contributed by atoms with Crippen molar-refractivity contribution in [3.05, 3.63) is 45.0 Å². The van der Waals surface area contributed by atoms with E-state index in [1.807, 2.05) is 11.4 Å². The molecule has 7 heteroatoms. The lowest BCUT2D eigenvalue weighted by molar-refractivity contribution is -0.130. The highest BCUT2D eigenvalue weighted by atomic mass is 32.2. The van der Waals surface area contributed by atoms with E-state index in [9.17, 15) is 9.59 Å². The Hall–Kier alpha value is -1.73. The molecule has 0 saturated carbocycles. The zero-order valence-electron chi connectivity index (χ0n) is 12.9. The van der Waals surface area contributed by atoms with E-state index < -0.39 is 5.97 Å². The summed E-state index contributed by atoms with van der Waals surface area (Å²) in [7, 11) is 1.72. The number of aromatic carboxylic acids is 1. The molecule has 1 N–H and O–H groups in total. The standard InChI is InChI=1S/C16H17NO4S2/c1-9-12(16(19)20)7-10(21-9)8-17(2)15(18)14-11-3-5-22-13(11)4-6-23-14/h3,5,7,14H,4,6,8H2,1-2H3,(H,19,20)/t14-/m1/s1. The van der Waals surface area contributed by atoms with Gasteiger partial charge in [-0.25, -0.2) is 4.79 Å². The summed E-state index contributed by atoms with van der Waals surface area (Å²) in [5, 5.41) is 10.9. The van der Waals surface area contributed by atoms with Gasteiger partial charge in [0, 0.05) is 11.9 Å². The second-order valence-corrected chi connectivity index (χ2v) is 7.70. The third kappa shape index (κ3) is 3.16. The van der Waals surface area contributed by atoms with Gasteiger partial charge in [0.05, 0.1) is 6.54 Å². The van der Waals surface area contributed by atoms with E-state index in [4.69, 9.17) is 9.52 Å². The first kappa shape index (κ1) is 16.1. The summed E-state index contributed by atoms with van der Waals surface area (Å²) >= 11 is 3.36. The molecular weight excluding hydrogens is 334 g/mol. The van der Waals surface area contributed by atoms with Gasteiger partial charge in [-0.05, 0) is 42.2 Å². The van der Waals surface area contributed by atoms with Crippen molar-refractivity contribution in [3.8, 4) is 0 Å². The molecule has 1 atom stereocenters. The van der Waals surface area contributed by atoms with Gasteiger partial charge in [0.15, 0.2) is 0 Å². The number of thiophene rings is 1. The number of carboxylic acid groups (broad SMARTS) is 1. The normalized spacial score (nSPS) is 16.9. The lowest BCUT2D eigenvalue weighted by Crippen LogP contribution is -2.31. The lowest BCUT2D eigenvalue weighted by atomic mass is 10.1. The summed E-state index contributed by atoms with van der Waals surface area (Å²) in [6, 6.07) is 3.52. The van der Waals surface area contributed by atoms with E-state index in [0.717, 1.165) is 17.7 Å². The second kappa shape index (κ2) is 6.41. The van der Waals surface area contributed by atoms with E-state index in [-0.39, 0.29) is 23.3 Å². The number of likely N-dealkylation sites (N-methyl/N-ethyl adjacent to an activating group) is 1. The molecule has 3 rings (SSSR count). The van der Waals surface area contributed by atoms with Crippen LogP contribution >= 0.6 is 23.1 Å². The number of carbonyl (C=O) groups excluding carboxylic acids is 1. The van der Waals surface area contributed by atoms with Gasteiger partial charge >= 0.3 is 5.97 Å². The number of amides is 1. The molecular formula is C16H17NO4S2. The Labute approximate surface area is 142 Å². The van der Waals surface area contributed by atoms with Crippen LogP contribution in [-0.2, 0) is 17.8 Å². The zero-order valence-corrected chi connectivity index (χ0v) is 14.5. The number of thioether (sulfide) groups is 1. The molecule has 1 amide bonds. The number of aryl methyl sites for hydroxylation is 2. The Morgan fingerprint density at radius 3 is 2.96 bits per heavy atom. The van der Waals surface area contributed by atoms with Crippen LogP contribution in [0.5, 0.6) is 0 Å². The summed E-state index contributed by atoms with van der Waals surface area (Å²) in [5.74, 6) is 0.806. The molecule has 5 nitrogen and oxygen atoms in total. The van der Waals surface area contributed by atoms with E-state index in [2.05, 4.69) is 0 Å². The first-order chi connectivity index (χ1) is 11.0. The molecule has 23 heavy (non-hydrogen) atoms. The number of rotatable bonds is 4. The first-order valence-electron chi connectivity index (χ1n) is 7.23. The molecule has 0 bridgehead atoms. The molecule has 0 unspecified atom stereocenters. The topological polar surface area (TPSA) is 70.8 Å². The molecule has 0 aliphatic carbocycles. The minimum Gasteiger partial charge on any atom is -0.478 e. The fourth-order valence-electron chi connectivity index (χ4n) is 2.70. The van der Waals surface area contributed by atoms with Gasteiger partial charge in [-0.15, -0.1) is 23.1 Å². The molecule has 3 heterocycles. The molecule has 0 fully saturated rings. The number of hydrogen-bond acceptors (Lipinski definition) is 5. The lowest BCUT2D eigenvalue weighted by Gasteiger charge is -2.26. The van der Waals surface area contributed by atoms with Crippen molar-refractivity contribution in [3.63, 3.8) is 0 Å². The number of hydrogen-bond donors (Lipinski definition) is 1. The fraction of sp³-hybridized carbons (Fsp3) is 0.375. The number of furan rings is 1. The molecule has 122 valence electrons. The average molecular weight is 351 g/mol. The van der Waals surface area contributed by atoms with Crippen LogP contribution in [0.2, 0.25) is 0 Å². The fourth-order valence-corrected chi connectivity index (χ4v) is 5.10. The Bertz CT molecular complexity index is 749. The van der Waals surface area contributed by atoms with Crippen molar-refractivity contribution in [1.29, 1.82) is 0 Å². The molecule has 0 radical (unpaired) electrons. The Morgan fingerprint density at radius 2 is 2.26 bits per heavy atom. The summed E-state index contributed by atoms with van der Waals surface area (Å²) in [4.78, 5) is 26.7. The van der Waals surface area contributed by atoms with Gasteiger partial charge in [0.2, 0.25) is 5.91 Å². The predicted molar refractivity (Wildman–Crippen MR) is 90.1 cm³/mol. The van der Waals surface area contributed by atoms with Gasteiger partial charge in [0.25, 0.3) is 0 Å². The van der Waals surface area contributed by atoms with Crippen LogP contribution in [0.3, 0.4) is 0 Å². The maximum Gasteiger partial charge on any atom is 0.339 e. The highest BCUT2D eigenvalue weighted by molar-refractivity contribution is 8.00. The quantitative estimate of drug-likeness (QED) is 0.915. The van der Waals surface area contributed by atoms with Crippen molar-refractivity contribution in [2.75, 3.05) is 12.8 Å². The van der Waals surface area contributed by atoms with Crippen molar-refractivity contribution in [2.24, 2.45) is 0 Å². The van der Waals surface area contributed by atoms with E-state index in [1.54, 1.807) is 42.0 Å². The van der Waals surface area contributed by atoms with Crippen LogP contribution in [0.25, 0.3) is 0 Å². The monoisotopic (exact) mass is 351 g/mol. The van der Waals surface area contributed by atoms with Gasteiger partial charge in [-0.1, -0.05) is 0 Å². The zero-order chi connectivity index (χ0) is 16.6. The molecule has 0 saturated heterocycles. The molecule has 0 spiro atoms. The SMILES string of the molecule is Cc1oc(CN(C)C(=O)[C@@H]2SCCc3sccc32)cc1C(=O)O. The smallest absolute Gasteiger partial charge is 0.339 e. The third-order valence-electron chi connectivity index (χ3n) is 3.87.